The average Bonchev–Trinajstić information content (AvgIpc) is 2.71. The number of aliphatic hydroxyl groups excluding tert-OH is 1. The van der Waals surface area contributed by atoms with Crippen LogP contribution < -0.4 is 9.47 Å². The second-order valence-electron chi connectivity index (χ2n) is 1.85. The van der Waals surface area contributed by atoms with Gasteiger partial charge in [-0.25, -0.2) is 0 Å². The van der Waals surface area contributed by atoms with E-state index in [-0.39, 0.29) is 0 Å². The molecule has 2 rings (SSSR count). The summed E-state index contributed by atoms with van der Waals surface area (Å²) in [7, 11) is 1.00. The molecule has 74 valence electrons. The van der Waals surface area contributed by atoms with Crippen LogP contribution in [-0.4, -0.2) is 19.0 Å². The third-order valence-corrected chi connectivity index (χ3v) is 1.28. The van der Waals surface area contributed by atoms with E-state index in [2.05, 4.69) is 0 Å². The number of para-hydroxylation sites is 2. The summed E-state index contributed by atoms with van der Waals surface area (Å²) in [6, 6.07) is 7.63. The molecular weight excluding hydrogens is 168 g/mol. The molecule has 0 saturated heterocycles. The van der Waals surface area contributed by atoms with Crippen molar-refractivity contribution in [3.05, 3.63) is 24.3 Å². The van der Waals surface area contributed by atoms with Crippen molar-refractivity contribution in [2.75, 3.05) is 13.9 Å². The molecule has 3 nitrogen and oxygen atoms in total. The van der Waals surface area contributed by atoms with Crippen molar-refractivity contribution in [2.24, 2.45) is 0 Å². The molecule has 0 atom stereocenters. The first kappa shape index (κ1) is 11.8. The second-order valence-corrected chi connectivity index (χ2v) is 1.85. The molecule has 0 aliphatic carbocycles. The van der Waals surface area contributed by atoms with Gasteiger partial charge in [0.1, 0.15) is 0 Å². The second kappa shape index (κ2) is 7.43. The first-order valence-electron chi connectivity index (χ1n) is 4.26. The molecule has 0 aromatic heterocycles. The quantitative estimate of drug-likeness (QED) is 0.670. The van der Waals surface area contributed by atoms with Crippen molar-refractivity contribution >= 4 is 0 Å². The van der Waals surface area contributed by atoms with E-state index in [0.29, 0.717) is 6.79 Å². The number of hydrogen-bond donors (Lipinski definition) is 1. The first-order chi connectivity index (χ1) is 6.47. The van der Waals surface area contributed by atoms with E-state index in [4.69, 9.17) is 14.6 Å². The van der Waals surface area contributed by atoms with Crippen LogP contribution in [0.2, 0.25) is 0 Å². The lowest BCUT2D eigenvalue weighted by Crippen LogP contribution is -1.92. The zero-order chi connectivity index (χ0) is 10.1. The Labute approximate surface area is 78.9 Å². The lowest BCUT2D eigenvalue weighted by molar-refractivity contribution is 0.174. The Bertz CT molecular complexity index is 200. The summed E-state index contributed by atoms with van der Waals surface area (Å²) >= 11 is 0. The van der Waals surface area contributed by atoms with E-state index in [0.717, 1.165) is 18.6 Å². The fraction of sp³-hybridized carbons (Fsp3) is 0.400. The Morgan fingerprint density at radius 1 is 1.00 bits per heavy atom. The maximum absolute atomic E-state index is 7.00. The van der Waals surface area contributed by atoms with Gasteiger partial charge in [0.05, 0.1) is 0 Å². The SMILES string of the molecule is CC.CO.c1ccc2c(c1)OCO2. The number of aliphatic hydroxyl groups is 1. The van der Waals surface area contributed by atoms with Crippen molar-refractivity contribution in [2.45, 2.75) is 13.8 Å². The monoisotopic (exact) mass is 184 g/mol. The van der Waals surface area contributed by atoms with E-state index in [1.807, 2.05) is 38.1 Å². The van der Waals surface area contributed by atoms with Crippen molar-refractivity contribution in [1.82, 2.24) is 0 Å². The van der Waals surface area contributed by atoms with Gasteiger partial charge in [0.2, 0.25) is 6.79 Å². The van der Waals surface area contributed by atoms with E-state index >= 15 is 0 Å². The van der Waals surface area contributed by atoms with Crippen molar-refractivity contribution in [3.63, 3.8) is 0 Å². The predicted molar refractivity (Wildman–Crippen MR) is 52.1 cm³/mol. The average molecular weight is 184 g/mol. The molecule has 0 bridgehead atoms. The summed E-state index contributed by atoms with van der Waals surface area (Å²) in [4.78, 5) is 0. The van der Waals surface area contributed by atoms with Crippen LogP contribution in [0.15, 0.2) is 24.3 Å². The minimum Gasteiger partial charge on any atom is -0.454 e. The summed E-state index contributed by atoms with van der Waals surface area (Å²) in [6.07, 6.45) is 0. The molecule has 0 unspecified atom stereocenters. The third kappa shape index (κ3) is 3.34. The van der Waals surface area contributed by atoms with Crippen molar-refractivity contribution < 1.29 is 14.6 Å². The van der Waals surface area contributed by atoms with Crippen LogP contribution >= 0.6 is 0 Å². The lowest BCUT2D eigenvalue weighted by atomic mass is 10.3. The van der Waals surface area contributed by atoms with Crippen LogP contribution in [0.3, 0.4) is 0 Å². The molecule has 1 N–H and O–H groups in total. The summed E-state index contributed by atoms with van der Waals surface area (Å²) in [6.45, 7) is 4.36. The molecule has 0 amide bonds. The van der Waals surface area contributed by atoms with Crippen LogP contribution in [0.5, 0.6) is 11.5 Å². The van der Waals surface area contributed by atoms with Gasteiger partial charge in [-0.3, -0.25) is 0 Å². The summed E-state index contributed by atoms with van der Waals surface area (Å²) < 4.78 is 10.2. The fourth-order valence-electron chi connectivity index (χ4n) is 0.845. The van der Waals surface area contributed by atoms with Gasteiger partial charge in [0.15, 0.2) is 11.5 Å². The van der Waals surface area contributed by atoms with Gasteiger partial charge in [0, 0.05) is 7.11 Å². The van der Waals surface area contributed by atoms with Crippen LogP contribution in [-0.2, 0) is 0 Å². The van der Waals surface area contributed by atoms with Gasteiger partial charge in [-0.05, 0) is 12.1 Å². The topological polar surface area (TPSA) is 38.7 Å². The molecule has 1 aliphatic rings. The van der Waals surface area contributed by atoms with Gasteiger partial charge in [-0.1, -0.05) is 26.0 Å². The third-order valence-electron chi connectivity index (χ3n) is 1.28. The van der Waals surface area contributed by atoms with Crippen LogP contribution in [0.4, 0.5) is 0 Å². The maximum atomic E-state index is 7.00. The Balaban J connectivity index is 0.000000322. The van der Waals surface area contributed by atoms with Crippen molar-refractivity contribution in [3.8, 4) is 11.5 Å². The smallest absolute Gasteiger partial charge is 0.231 e. The minimum atomic E-state index is 0.360. The molecule has 0 spiro atoms. The van der Waals surface area contributed by atoms with Crippen LogP contribution in [0.25, 0.3) is 0 Å². The molecule has 1 aliphatic heterocycles. The minimum absolute atomic E-state index is 0.360. The highest BCUT2D eigenvalue weighted by molar-refractivity contribution is 5.40. The van der Waals surface area contributed by atoms with Gasteiger partial charge in [-0.2, -0.15) is 0 Å². The van der Waals surface area contributed by atoms with E-state index in [1.165, 1.54) is 0 Å². The molecule has 1 aromatic rings. The molecule has 1 aromatic carbocycles. The van der Waals surface area contributed by atoms with Crippen LogP contribution in [0.1, 0.15) is 13.8 Å². The Morgan fingerprint density at radius 2 is 1.38 bits per heavy atom. The maximum Gasteiger partial charge on any atom is 0.231 e. The normalized spacial score (nSPS) is 10.5. The Kier molecular flexibility index (Phi) is 6.73. The number of benzene rings is 1. The van der Waals surface area contributed by atoms with Crippen molar-refractivity contribution in [1.29, 1.82) is 0 Å². The number of hydrogen-bond acceptors (Lipinski definition) is 3. The summed E-state index contributed by atoms with van der Waals surface area (Å²) in [5, 5.41) is 7.00. The van der Waals surface area contributed by atoms with Gasteiger partial charge in [-0.15, -0.1) is 0 Å². The van der Waals surface area contributed by atoms with E-state index in [1.54, 1.807) is 0 Å². The van der Waals surface area contributed by atoms with Gasteiger partial charge in [0.25, 0.3) is 0 Å². The molecule has 3 heteroatoms. The van der Waals surface area contributed by atoms with Gasteiger partial charge >= 0.3 is 0 Å². The standard InChI is InChI=1S/C7H6O2.C2H6.CH4O/c1-2-4-7-6(3-1)8-5-9-7;2*1-2/h1-4H,5H2;1-2H3;2H,1H3. The highest BCUT2D eigenvalue weighted by Gasteiger charge is 2.09. The first-order valence-corrected chi connectivity index (χ1v) is 4.26. The lowest BCUT2D eigenvalue weighted by Gasteiger charge is -1.89. The largest absolute Gasteiger partial charge is 0.454 e. The predicted octanol–water partition coefficient (Wildman–Crippen LogP) is 2.05. The fourth-order valence-corrected chi connectivity index (χ4v) is 0.845. The molecule has 0 fully saturated rings. The highest BCUT2D eigenvalue weighted by atomic mass is 16.7. The highest BCUT2D eigenvalue weighted by Crippen LogP contribution is 2.30. The number of fused-ring (bicyclic) bond motifs is 1. The van der Waals surface area contributed by atoms with E-state index < -0.39 is 0 Å². The Hall–Kier alpha value is -1.22. The van der Waals surface area contributed by atoms with Crippen LogP contribution in [0, 0.1) is 0 Å². The summed E-state index contributed by atoms with van der Waals surface area (Å²) in [5.41, 5.74) is 0. The number of ether oxygens (including phenoxy) is 2. The molecule has 0 radical (unpaired) electrons. The molecule has 1 heterocycles. The molecule has 0 saturated carbocycles. The van der Waals surface area contributed by atoms with Gasteiger partial charge < -0.3 is 14.6 Å². The molecule has 13 heavy (non-hydrogen) atoms. The Morgan fingerprint density at radius 3 is 1.77 bits per heavy atom. The van der Waals surface area contributed by atoms with E-state index in [9.17, 15) is 0 Å². The zero-order valence-electron chi connectivity index (χ0n) is 8.28. The summed E-state index contributed by atoms with van der Waals surface area (Å²) in [5.74, 6) is 1.69. The molecular formula is C10H16O3. The number of rotatable bonds is 0. The zero-order valence-corrected chi connectivity index (χ0v) is 8.28.